The Labute approximate surface area is 105 Å². The first-order chi connectivity index (χ1) is 8.08. The molecule has 98 valence electrons. The van der Waals surface area contributed by atoms with Crippen LogP contribution in [0.25, 0.3) is 0 Å². The summed E-state index contributed by atoms with van der Waals surface area (Å²) in [6.07, 6.45) is 8.97. The Kier molecular flexibility index (Phi) is 6.22. The lowest BCUT2D eigenvalue weighted by Gasteiger charge is -2.07. The lowest BCUT2D eigenvalue weighted by Crippen LogP contribution is -2.32. The Bertz CT molecular complexity index is 276. The highest BCUT2D eigenvalue weighted by Crippen LogP contribution is 1.92. The lowest BCUT2D eigenvalue weighted by atomic mass is 10.4. The first-order valence-corrected chi connectivity index (χ1v) is 6.42. The van der Waals surface area contributed by atoms with E-state index in [1.165, 1.54) is 12.8 Å². The maximum Gasteiger partial charge on any atom is 0.243 e. The molecule has 0 aliphatic heterocycles. The average Bonchev–Trinajstić information content (AvgIpc) is 2.65. The smallest absolute Gasteiger partial charge is 0.243 e. The molecule has 1 aromatic rings. The van der Waals surface area contributed by atoms with Crippen molar-refractivity contribution in [1.29, 1.82) is 0 Å². The van der Waals surface area contributed by atoms with Crippen molar-refractivity contribution in [2.24, 2.45) is 0 Å². The zero-order chi connectivity index (χ0) is 12.7. The van der Waals surface area contributed by atoms with Gasteiger partial charge in [0, 0.05) is 13.1 Å². The van der Waals surface area contributed by atoms with Gasteiger partial charge < -0.3 is 9.80 Å². The van der Waals surface area contributed by atoms with Gasteiger partial charge in [0.25, 0.3) is 0 Å². The van der Waals surface area contributed by atoms with Crippen LogP contribution < -0.4 is 4.57 Å². The molecule has 1 rings (SSSR count). The Morgan fingerprint density at radius 1 is 1.00 bits per heavy atom. The van der Waals surface area contributed by atoms with Crippen LogP contribution in [-0.4, -0.2) is 55.6 Å². The van der Waals surface area contributed by atoms with Crippen LogP contribution in [-0.2, 0) is 13.1 Å². The Morgan fingerprint density at radius 3 is 2.29 bits per heavy atom. The van der Waals surface area contributed by atoms with E-state index >= 15 is 0 Å². The lowest BCUT2D eigenvalue weighted by molar-refractivity contribution is -0.696. The van der Waals surface area contributed by atoms with Crippen LogP contribution >= 0.6 is 0 Å². The van der Waals surface area contributed by atoms with Crippen LogP contribution in [0.5, 0.6) is 0 Å². The number of aromatic nitrogens is 2. The molecule has 0 bridgehead atoms. The first kappa shape index (κ1) is 14.2. The Balaban J connectivity index is 2.23. The average molecular weight is 239 g/mol. The van der Waals surface area contributed by atoms with Gasteiger partial charge >= 0.3 is 0 Å². The molecule has 0 radical (unpaired) electrons. The molecule has 17 heavy (non-hydrogen) atoms. The summed E-state index contributed by atoms with van der Waals surface area (Å²) in [5.74, 6) is 0. The third-order valence-corrected chi connectivity index (χ3v) is 2.79. The van der Waals surface area contributed by atoms with Crippen molar-refractivity contribution < 1.29 is 4.57 Å². The van der Waals surface area contributed by atoms with E-state index in [-0.39, 0.29) is 0 Å². The van der Waals surface area contributed by atoms with Gasteiger partial charge in [0.2, 0.25) is 6.33 Å². The summed E-state index contributed by atoms with van der Waals surface area (Å²) in [7, 11) is 8.49. The maximum atomic E-state index is 2.28. The molecule has 0 aliphatic carbocycles. The maximum absolute atomic E-state index is 2.28. The zero-order valence-electron chi connectivity index (χ0n) is 11.8. The van der Waals surface area contributed by atoms with E-state index in [4.69, 9.17) is 0 Å². The van der Waals surface area contributed by atoms with Crippen LogP contribution in [0.2, 0.25) is 0 Å². The zero-order valence-corrected chi connectivity index (χ0v) is 11.8. The molecule has 0 atom stereocenters. The normalized spacial score (nSPS) is 11.6. The molecule has 4 heteroatoms. The molecule has 0 N–H and O–H groups in total. The van der Waals surface area contributed by atoms with Crippen molar-refractivity contribution in [2.75, 3.05) is 41.3 Å². The predicted molar refractivity (Wildman–Crippen MR) is 71.0 cm³/mol. The van der Waals surface area contributed by atoms with Crippen LogP contribution in [0.4, 0.5) is 0 Å². The summed E-state index contributed by atoms with van der Waals surface area (Å²) in [4.78, 5) is 4.46. The number of imidazole rings is 1. The molecule has 0 spiro atoms. The summed E-state index contributed by atoms with van der Waals surface area (Å²) in [5, 5.41) is 0. The molecular formula is C13H27N4+. The molecule has 1 aromatic heterocycles. The van der Waals surface area contributed by atoms with Gasteiger partial charge in [-0.15, -0.1) is 0 Å². The van der Waals surface area contributed by atoms with E-state index in [1.807, 2.05) is 0 Å². The number of hydrogen-bond acceptors (Lipinski definition) is 2. The van der Waals surface area contributed by atoms with Gasteiger partial charge in [-0.25, -0.2) is 9.13 Å². The SMILES string of the molecule is CN(C)CCCn1cc[n+](CCCN(C)C)c1. The van der Waals surface area contributed by atoms with Crippen molar-refractivity contribution in [3.63, 3.8) is 0 Å². The molecule has 0 saturated heterocycles. The van der Waals surface area contributed by atoms with Crippen LogP contribution in [0, 0.1) is 0 Å². The van der Waals surface area contributed by atoms with Gasteiger partial charge in [0.05, 0.1) is 13.1 Å². The monoisotopic (exact) mass is 239 g/mol. The van der Waals surface area contributed by atoms with Gasteiger partial charge in [-0.2, -0.15) is 0 Å². The minimum Gasteiger partial charge on any atom is -0.309 e. The van der Waals surface area contributed by atoms with E-state index < -0.39 is 0 Å². The number of hydrogen-bond donors (Lipinski definition) is 0. The van der Waals surface area contributed by atoms with Crippen molar-refractivity contribution >= 4 is 0 Å². The van der Waals surface area contributed by atoms with E-state index in [2.05, 4.69) is 65.8 Å². The molecule has 0 saturated carbocycles. The number of rotatable bonds is 8. The van der Waals surface area contributed by atoms with Gasteiger partial charge in [0.1, 0.15) is 12.4 Å². The third-order valence-electron chi connectivity index (χ3n) is 2.79. The third kappa shape index (κ3) is 6.44. The van der Waals surface area contributed by atoms with Gasteiger partial charge in [-0.05, 0) is 41.0 Å². The Hall–Kier alpha value is -0.870. The van der Waals surface area contributed by atoms with Crippen molar-refractivity contribution in [3.8, 4) is 0 Å². The summed E-state index contributed by atoms with van der Waals surface area (Å²) < 4.78 is 4.55. The molecule has 4 nitrogen and oxygen atoms in total. The van der Waals surface area contributed by atoms with Crippen LogP contribution in [0.1, 0.15) is 12.8 Å². The molecule has 0 amide bonds. The fraction of sp³-hybridized carbons (Fsp3) is 0.769. The van der Waals surface area contributed by atoms with Crippen LogP contribution in [0.15, 0.2) is 18.7 Å². The Morgan fingerprint density at radius 2 is 1.65 bits per heavy atom. The van der Waals surface area contributed by atoms with Crippen molar-refractivity contribution in [3.05, 3.63) is 18.7 Å². The minimum absolute atomic E-state index is 1.11. The highest BCUT2D eigenvalue weighted by atomic mass is 15.1. The van der Waals surface area contributed by atoms with E-state index in [1.54, 1.807) is 0 Å². The molecule has 0 unspecified atom stereocenters. The summed E-state index contributed by atoms with van der Waals surface area (Å²) in [6, 6.07) is 0. The number of nitrogens with zero attached hydrogens (tertiary/aromatic N) is 4. The standard InChI is InChI=1S/C13H27N4/c1-14(2)7-5-9-16-11-12-17(13-16)10-6-8-15(3)4/h11-13H,5-10H2,1-4H3/q+1. The molecule has 0 aliphatic rings. The fourth-order valence-corrected chi connectivity index (χ4v) is 1.84. The summed E-state index contributed by atoms with van der Waals surface area (Å²) in [6.45, 7) is 4.52. The summed E-state index contributed by atoms with van der Waals surface area (Å²) in [5.41, 5.74) is 0. The second-order valence-corrected chi connectivity index (χ2v) is 5.20. The largest absolute Gasteiger partial charge is 0.309 e. The van der Waals surface area contributed by atoms with E-state index in [0.717, 1.165) is 26.2 Å². The van der Waals surface area contributed by atoms with Crippen molar-refractivity contribution in [2.45, 2.75) is 25.9 Å². The van der Waals surface area contributed by atoms with Gasteiger partial charge in [0.15, 0.2) is 0 Å². The van der Waals surface area contributed by atoms with Gasteiger partial charge in [-0.3, -0.25) is 0 Å². The quantitative estimate of drug-likeness (QED) is 0.620. The van der Waals surface area contributed by atoms with Crippen LogP contribution in [0.3, 0.4) is 0 Å². The highest BCUT2D eigenvalue weighted by Gasteiger charge is 2.03. The summed E-state index contributed by atoms with van der Waals surface area (Å²) >= 11 is 0. The fourth-order valence-electron chi connectivity index (χ4n) is 1.84. The van der Waals surface area contributed by atoms with E-state index in [9.17, 15) is 0 Å². The molecular weight excluding hydrogens is 212 g/mol. The number of aryl methyl sites for hydroxylation is 2. The molecule has 0 fully saturated rings. The second-order valence-electron chi connectivity index (χ2n) is 5.20. The topological polar surface area (TPSA) is 15.3 Å². The van der Waals surface area contributed by atoms with E-state index in [0.29, 0.717) is 0 Å². The highest BCUT2D eigenvalue weighted by molar-refractivity contribution is 4.66. The predicted octanol–water partition coefficient (Wildman–Crippen LogP) is 0.679. The molecule has 1 heterocycles. The molecule has 0 aromatic carbocycles. The first-order valence-electron chi connectivity index (χ1n) is 6.42. The second kappa shape index (κ2) is 7.45. The minimum atomic E-state index is 1.11. The van der Waals surface area contributed by atoms with Gasteiger partial charge in [-0.1, -0.05) is 0 Å². The van der Waals surface area contributed by atoms with Crippen molar-refractivity contribution in [1.82, 2.24) is 14.4 Å².